The van der Waals surface area contributed by atoms with Gasteiger partial charge in [-0.15, -0.1) is 0 Å². The fraction of sp³-hybridized carbons (Fsp3) is 0.222. The number of carbonyl (C=O) groups is 3. The van der Waals surface area contributed by atoms with Crippen molar-refractivity contribution in [3.63, 3.8) is 0 Å². The smallest absolute Gasteiger partial charge is 0.255 e. The first-order chi connectivity index (χ1) is 15.8. The molecule has 0 unspecified atom stereocenters. The standard InChI is InChI=1S/C27H27N3O3/c1-17-7-10-23(11-8-17)30-16-21(15-25(30)31)27(33)28-22-6-4-5-20(14-22)26(32)29-24-12-9-18(2)13-19(24)3/h4-14,21H,15-16H2,1-3H3,(H,28,33)(H,29,32)/t21-/m1/s1. The summed E-state index contributed by atoms with van der Waals surface area (Å²) in [6, 6.07) is 20.3. The summed E-state index contributed by atoms with van der Waals surface area (Å²) < 4.78 is 0. The minimum atomic E-state index is -0.452. The lowest BCUT2D eigenvalue weighted by molar-refractivity contribution is -0.122. The van der Waals surface area contributed by atoms with Crippen LogP contribution in [0, 0.1) is 26.7 Å². The van der Waals surface area contributed by atoms with E-state index in [1.165, 1.54) is 0 Å². The van der Waals surface area contributed by atoms with E-state index in [2.05, 4.69) is 10.6 Å². The van der Waals surface area contributed by atoms with Crippen LogP contribution < -0.4 is 15.5 Å². The van der Waals surface area contributed by atoms with Crippen LogP contribution in [-0.2, 0) is 9.59 Å². The lowest BCUT2D eigenvalue weighted by atomic mass is 10.1. The van der Waals surface area contributed by atoms with Crippen molar-refractivity contribution in [1.82, 2.24) is 0 Å². The Morgan fingerprint density at radius 3 is 2.33 bits per heavy atom. The molecule has 0 spiro atoms. The molecule has 3 amide bonds. The molecule has 0 saturated carbocycles. The van der Waals surface area contributed by atoms with Gasteiger partial charge in [0.1, 0.15) is 0 Å². The molecule has 1 aliphatic heterocycles. The predicted molar refractivity (Wildman–Crippen MR) is 131 cm³/mol. The highest BCUT2D eigenvalue weighted by Gasteiger charge is 2.35. The quantitative estimate of drug-likeness (QED) is 0.594. The Kier molecular flexibility index (Phi) is 6.27. The molecular formula is C27H27N3O3. The van der Waals surface area contributed by atoms with Crippen LogP contribution in [0.25, 0.3) is 0 Å². The van der Waals surface area contributed by atoms with Gasteiger partial charge in [0.25, 0.3) is 5.91 Å². The lowest BCUT2D eigenvalue weighted by Crippen LogP contribution is -2.28. The molecule has 3 aromatic carbocycles. The average Bonchev–Trinajstić information content (AvgIpc) is 3.18. The first-order valence-electron chi connectivity index (χ1n) is 11.0. The number of hydrogen-bond donors (Lipinski definition) is 2. The normalized spacial score (nSPS) is 15.4. The van der Waals surface area contributed by atoms with Crippen molar-refractivity contribution in [2.24, 2.45) is 5.92 Å². The van der Waals surface area contributed by atoms with Crippen LogP contribution in [-0.4, -0.2) is 24.3 Å². The monoisotopic (exact) mass is 441 g/mol. The molecule has 0 aliphatic carbocycles. The Morgan fingerprint density at radius 1 is 0.879 bits per heavy atom. The number of nitrogens with one attached hydrogen (secondary N) is 2. The molecule has 0 radical (unpaired) electrons. The highest BCUT2D eigenvalue weighted by atomic mass is 16.2. The summed E-state index contributed by atoms with van der Waals surface area (Å²) in [5.74, 6) is -1.00. The minimum absolute atomic E-state index is 0.0689. The number of benzene rings is 3. The number of aryl methyl sites for hydroxylation is 3. The lowest BCUT2D eigenvalue weighted by Gasteiger charge is -2.17. The van der Waals surface area contributed by atoms with Gasteiger partial charge in [0.05, 0.1) is 5.92 Å². The summed E-state index contributed by atoms with van der Waals surface area (Å²) in [4.78, 5) is 39.7. The van der Waals surface area contributed by atoms with Gasteiger partial charge in [-0.1, -0.05) is 41.5 Å². The third kappa shape index (κ3) is 5.12. The van der Waals surface area contributed by atoms with Crippen LogP contribution in [0.15, 0.2) is 66.7 Å². The molecule has 168 valence electrons. The van der Waals surface area contributed by atoms with E-state index in [0.717, 1.165) is 28.1 Å². The molecule has 0 bridgehead atoms. The summed E-state index contributed by atoms with van der Waals surface area (Å²) in [6.45, 7) is 6.27. The second kappa shape index (κ2) is 9.28. The number of hydrogen-bond acceptors (Lipinski definition) is 3. The van der Waals surface area contributed by atoms with Crippen LogP contribution >= 0.6 is 0 Å². The van der Waals surface area contributed by atoms with E-state index in [1.807, 2.05) is 63.2 Å². The maximum absolute atomic E-state index is 12.8. The second-order valence-corrected chi connectivity index (χ2v) is 8.58. The third-order valence-corrected chi connectivity index (χ3v) is 5.86. The molecule has 1 fully saturated rings. The Balaban J connectivity index is 1.41. The van der Waals surface area contributed by atoms with Gasteiger partial charge in [-0.05, 0) is 62.7 Å². The molecule has 6 nitrogen and oxygen atoms in total. The van der Waals surface area contributed by atoms with Crippen LogP contribution in [0.2, 0.25) is 0 Å². The van der Waals surface area contributed by atoms with Crippen molar-refractivity contribution in [3.05, 3.63) is 89.0 Å². The molecule has 1 saturated heterocycles. The van der Waals surface area contributed by atoms with Gasteiger partial charge in [0.15, 0.2) is 0 Å². The fourth-order valence-corrected chi connectivity index (χ4v) is 3.99. The van der Waals surface area contributed by atoms with Crippen molar-refractivity contribution in [1.29, 1.82) is 0 Å². The topological polar surface area (TPSA) is 78.5 Å². The van der Waals surface area contributed by atoms with E-state index in [9.17, 15) is 14.4 Å². The third-order valence-electron chi connectivity index (χ3n) is 5.86. The van der Waals surface area contributed by atoms with Crippen LogP contribution in [0.1, 0.15) is 33.5 Å². The Hall–Kier alpha value is -3.93. The van der Waals surface area contributed by atoms with Crippen molar-refractivity contribution in [2.75, 3.05) is 22.1 Å². The largest absolute Gasteiger partial charge is 0.326 e. The van der Waals surface area contributed by atoms with Crippen LogP contribution in [0.3, 0.4) is 0 Å². The van der Waals surface area contributed by atoms with Crippen molar-refractivity contribution in [3.8, 4) is 0 Å². The van der Waals surface area contributed by atoms with E-state index in [-0.39, 0.29) is 24.1 Å². The second-order valence-electron chi connectivity index (χ2n) is 8.58. The molecule has 1 heterocycles. The van der Waals surface area contributed by atoms with Crippen molar-refractivity contribution < 1.29 is 14.4 Å². The first-order valence-corrected chi connectivity index (χ1v) is 11.0. The number of nitrogens with zero attached hydrogens (tertiary/aromatic N) is 1. The Bertz CT molecular complexity index is 1220. The Labute approximate surface area is 193 Å². The van der Waals surface area contributed by atoms with Crippen molar-refractivity contribution in [2.45, 2.75) is 27.2 Å². The molecule has 4 rings (SSSR count). The number of anilines is 3. The zero-order valence-electron chi connectivity index (χ0n) is 19.0. The summed E-state index contributed by atoms with van der Waals surface area (Å²) in [5, 5.41) is 5.79. The zero-order chi connectivity index (χ0) is 23.5. The summed E-state index contributed by atoms with van der Waals surface area (Å²) >= 11 is 0. The maximum atomic E-state index is 12.8. The van der Waals surface area contributed by atoms with Crippen LogP contribution in [0.5, 0.6) is 0 Å². The molecule has 3 aromatic rings. The summed E-state index contributed by atoms with van der Waals surface area (Å²) in [5.41, 5.74) is 5.73. The Morgan fingerprint density at radius 2 is 1.61 bits per heavy atom. The van der Waals surface area contributed by atoms with Gasteiger partial charge in [-0.3, -0.25) is 14.4 Å². The molecule has 0 aromatic heterocycles. The maximum Gasteiger partial charge on any atom is 0.255 e. The van der Waals surface area contributed by atoms with Crippen LogP contribution in [0.4, 0.5) is 17.1 Å². The SMILES string of the molecule is Cc1ccc(N2C[C@H](C(=O)Nc3cccc(C(=O)Nc4ccc(C)cc4C)c3)CC2=O)cc1. The number of carbonyl (C=O) groups excluding carboxylic acids is 3. The van der Waals surface area contributed by atoms with E-state index < -0.39 is 5.92 Å². The van der Waals surface area contributed by atoms with E-state index in [0.29, 0.717) is 17.8 Å². The van der Waals surface area contributed by atoms with Crippen molar-refractivity contribution >= 4 is 34.8 Å². The zero-order valence-corrected chi connectivity index (χ0v) is 19.0. The fourth-order valence-electron chi connectivity index (χ4n) is 3.99. The van der Waals surface area contributed by atoms with Gasteiger partial charge in [-0.25, -0.2) is 0 Å². The molecule has 6 heteroatoms. The molecular weight excluding hydrogens is 414 g/mol. The minimum Gasteiger partial charge on any atom is -0.326 e. The summed E-state index contributed by atoms with van der Waals surface area (Å²) in [6.07, 6.45) is 0.159. The highest BCUT2D eigenvalue weighted by Crippen LogP contribution is 2.26. The van der Waals surface area contributed by atoms with Gasteiger partial charge >= 0.3 is 0 Å². The van der Waals surface area contributed by atoms with E-state index in [1.54, 1.807) is 29.2 Å². The highest BCUT2D eigenvalue weighted by molar-refractivity contribution is 6.06. The van der Waals surface area contributed by atoms with E-state index in [4.69, 9.17) is 0 Å². The summed E-state index contributed by atoms with van der Waals surface area (Å²) in [7, 11) is 0. The van der Waals surface area contributed by atoms with E-state index >= 15 is 0 Å². The van der Waals surface area contributed by atoms with Gasteiger partial charge in [0, 0.05) is 35.6 Å². The number of rotatable bonds is 5. The first kappa shape index (κ1) is 22.3. The predicted octanol–water partition coefficient (Wildman–Crippen LogP) is 4.86. The molecule has 1 aliphatic rings. The molecule has 1 atom stereocenters. The average molecular weight is 442 g/mol. The molecule has 33 heavy (non-hydrogen) atoms. The van der Waals surface area contributed by atoms with Gasteiger partial charge in [-0.2, -0.15) is 0 Å². The molecule has 2 N–H and O–H groups in total. The van der Waals surface area contributed by atoms with Gasteiger partial charge in [0.2, 0.25) is 11.8 Å². The number of amides is 3. The van der Waals surface area contributed by atoms with Gasteiger partial charge < -0.3 is 15.5 Å².